The van der Waals surface area contributed by atoms with Crippen LogP contribution in [0.2, 0.25) is 5.02 Å². The van der Waals surface area contributed by atoms with E-state index in [4.69, 9.17) is 16.6 Å². The summed E-state index contributed by atoms with van der Waals surface area (Å²) in [6, 6.07) is 7.71. The molecule has 9 heteroatoms. The normalized spacial score (nSPS) is 14.4. The highest BCUT2D eigenvalue weighted by Crippen LogP contribution is 2.31. The Morgan fingerprint density at radius 1 is 1.10 bits per heavy atom. The van der Waals surface area contributed by atoms with E-state index >= 15 is 0 Å². The maximum Gasteiger partial charge on any atom is 0.223 e. The lowest BCUT2D eigenvalue weighted by Crippen LogP contribution is -2.48. The highest BCUT2D eigenvalue weighted by Gasteiger charge is 2.22. The summed E-state index contributed by atoms with van der Waals surface area (Å²) in [5.74, 6) is 0.833. The van der Waals surface area contributed by atoms with Gasteiger partial charge >= 0.3 is 0 Å². The van der Waals surface area contributed by atoms with Gasteiger partial charge in [-0.15, -0.1) is 0 Å². The third-order valence-corrected chi connectivity index (χ3v) is 6.39. The third-order valence-electron chi connectivity index (χ3n) is 5.07. The number of nitrogens with one attached hydrogen (secondary N) is 1. The van der Waals surface area contributed by atoms with Crippen molar-refractivity contribution in [3.63, 3.8) is 0 Å². The van der Waals surface area contributed by atoms with Crippen molar-refractivity contribution in [2.75, 3.05) is 42.9 Å². The molecule has 0 unspecified atom stereocenters. The fourth-order valence-electron chi connectivity index (χ4n) is 3.57. The molecular weight excluding hydrogens is 420 g/mol. The molecule has 1 fully saturated rings. The van der Waals surface area contributed by atoms with Crippen molar-refractivity contribution < 1.29 is 4.79 Å². The molecule has 0 radical (unpaired) electrons. The summed E-state index contributed by atoms with van der Waals surface area (Å²) in [5.41, 5.74) is 2.85. The van der Waals surface area contributed by atoms with Crippen LogP contribution < -0.4 is 10.2 Å². The summed E-state index contributed by atoms with van der Waals surface area (Å²) in [6.45, 7) is 7.63. The third kappa shape index (κ3) is 4.99. The molecule has 4 rings (SSSR count). The van der Waals surface area contributed by atoms with E-state index < -0.39 is 0 Å². The smallest absolute Gasteiger partial charge is 0.223 e. The number of aromatic nitrogens is 3. The molecule has 0 atom stereocenters. The molecule has 0 spiro atoms. The Balaban J connectivity index is 1.23. The zero-order valence-corrected chi connectivity index (χ0v) is 18.8. The van der Waals surface area contributed by atoms with Crippen molar-refractivity contribution >= 4 is 50.1 Å². The number of fused-ring (bicyclic) bond motifs is 1. The Kier molecular flexibility index (Phi) is 6.34. The van der Waals surface area contributed by atoms with E-state index in [-0.39, 0.29) is 5.91 Å². The molecule has 0 bridgehead atoms. The largest absolute Gasteiger partial charge is 0.354 e. The van der Waals surface area contributed by atoms with E-state index in [1.165, 1.54) is 0 Å². The second-order valence-corrected chi connectivity index (χ2v) is 8.93. The lowest BCUT2D eigenvalue weighted by Gasteiger charge is -2.34. The van der Waals surface area contributed by atoms with Crippen molar-refractivity contribution in [1.29, 1.82) is 0 Å². The molecule has 3 heterocycles. The Hall–Kier alpha value is -2.45. The number of amides is 1. The van der Waals surface area contributed by atoms with Gasteiger partial charge in [0.1, 0.15) is 0 Å². The fraction of sp³-hybridized carbons (Fsp3) is 0.429. The summed E-state index contributed by atoms with van der Waals surface area (Å²) in [4.78, 5) is 30.2. The summed E-state index contributed by atoms with van der Waals surface area (Å²) < 4.78 is 1.09. The summed E-state index contributed by atoms with van der Waals surface area (Å²) >= 11 is 7.73. The van der Waals surface area contributed by atoms with Gasteiger partial charge in [0, 0.05) is 55.6 Å². The Morgan fingerprint density at radius 3 is 2.57 bits per heavy atom. The number of hydrogen-bond acceptors (Lipinski definition) is 7. The van der Waals surface area contributed by atoms with Crippen LogP contribution in [0.15, 0.2) is 24.3 Å². The number of rotatable bonds is 6. The number of anilines is 2. The van der Waals surface area contributed by atoms with E-state index in [0.29, 0.717) is 18.9 Å². The lowest BCUT2D eigenvalue weighted by atomic mass is 10.2. The molecule has 3 aromatic rings. The Morgan fingerprint density at radius 2 is 1.83 bits per heavy atom. The van der Waals surface area contributed by atoms with Gasteiger partial charge in [-0.25, -0.2) is 15.0 Å². The zero-order chi connectivity index (χ0) is 21.1. The molecule has 7 nitrogen and oxygen atoms in total. The van der Waals surface area contributed by atoms with Crippen LogP contribution in [0.25, 0.3) is 10.2 Å². The first-order chi connectivity index (χ1) is 14.5. The highest BCUT2D eigenvalue weighted by atomic mass is 35.5. The predicted octanol–water partition coefficient (Wildman–Crippen LogP) is 3.90. The van der Waals surface area contributed by atoms with Gasteiger partial charge in [0.2, 0.25) is 11.9 Å². The quantitative estimate of drug-likeness (QED) is 0.581. The van der Waals surface area contributed by atoms with Crippen molar-refractivity contribution in [2.24, 2.45) is 0 Å². The number of piperazine rings is 1. The average Bonchev–Trinajstić information content (AvgIpc) is 3.13. The lowest BCUT2D eigenvalue weighted by molar-refractivity contribution is -0.131. The van der Waals surface area contributed by atoms with Gasteiger partial charge < -0.3 is 15.1 Å². The van der Waals surface area contributed by atoms with Crippen molar-refractivity contribution in [3.05, 3.63) is 40.7 Å². The van der Waals surface area contributed by atoms with Gasteiger partial charge in [-0.2, -0.15) is 0 Å². The van der Waals surface area contributed by atoms with Crippen molar-refractivity contribution in [3.8, 4) is 0 Å². The Labute approximate surface area is 185 Å². The molecule has 0 aliphatic carbocycles. The van der Waals surface area contributed by atoms with Crippen LogP contribution >= 0.6 is 22.9 Å². The monoisotopic (exact) mass is 444 g/mol. The maximum absolute atomic E-state index is 12.6. The van der Waals surface area contributed by atoms with Crippen LogP contribution in [-0.2, 0) is 4.79 Å². The van der Waals surface area contributed by atoms with E-state index in [1.807, 2.05) is 43.0 Å². The number of carbonyl (C=O) groups is 1. The minimum absolute atomic E-state index is 0.203. The fourth-order valence-corrected chi connectivity index (χ4v) is 4.86. The molecular formula is C21H25ClN6OS. The van der Waals surface area contributed by atoms with Crippen molar-refractivity contribution in [2.45, 2.75) is 26.7 Å². The second kappa shape index (κ2) is 9.14. The Bertz CT molecular complexity index is 1030. The first-order valence-electron chi connectivity index (χ1n) is 10.1. The molecule has 158 valence electrons. The van der Waals surface area contributed by atoms with Crippen LogP contribution in [0, 0.1) is 13.8 Å². The van der Waals surface area contributed by atoms with Crippen LogP contribution in [0.1, 0.15) is 24.2 Å². The zero-order valence-electron chi connectivity index (χ0n) is 17.2. The first kappa shape index (κ1) is 20.8. The SMILES string of the molecule is Cc1cc(C)nc(NCCCC(=O)N2CCN(c3nc4ccc(Cl)cc4s3)CC2)n1. The van der Waals surface area contributed by atoms with Gasteiger partial charge in [0.25, 0.3) is 0 Å². The average molecular weight is 445 g/mol. The standard InChI is InChI=1S/C21H25ClN6OS/c1-14-12-15(2)25-20(24-14)23-7-3-4-19(29)27-8-10-28(11-9-27)21-26-17-6-5-16(22)13-18(17)30-21/h5-6,12-13H,3-4,7-11H2,1-2H3,(H,23,24,25). The van der Waals surface area contributed by atoms with Crippen LogP contribution in [0.3, 0.4) is 0 Å². The number of carbonyl (C=O) groups excluding carboxylic acids is 1. The van der Waals surface area contributed by atoms with Crippen LogP contribution in [0.4, 0.5) is 11.1 Å². The molecule has 1 N–H and O–H groups in total. The minimum atomic E-state index is 0.203. The number of hydrogen-bond donors (Lipinski definition) is 1. The molecule has 0 saturated carbocycles. The minimum Gasteiger partial charge on any atom is -0.354 e. The van der Waals surface area contributed by atoms with E-state index in [9.17, 15) is 4.79 Å². The molecule has 30 heavy (non-hydrogen) atoms. The number of nitrogens with zero attached hydrogens (tertiary/aromatic N) is 5. The van der Waals surface area contributed by atoms with E-state index in [0.717, 1.165) is 64.4 Å². The van der Waals surface area contributed by atoms with Crippen LogP contribution in [0.5, 0.6) is 0 Å². The van der Waals surface area contributed by atoms with Gasteiger partial charge in [-0.05, 0) is 44.5 Å². The van der Waals surface area contributed by atoms with Gasteiger partial charge in [-0.1, -0.05) is 22.9 Å². The number of aryl methyl sites for hydroxylation is 2. The maximum atomic E-state index is 12.6. The molecule has 1 aromatic carbocycles. The molecule has 1 aliphatic heterocycles. The van der Waals surface area contributed by atoms with Gasteiger partial charge in [0.05, 0.1) is 10.2 Å². The first-order valence-corrected chi connectivity index (χ1v) is 11.3. The number of benzene rings is 1. The van der Waals surface area contributed by atoms with Gasteiger partial charge in [-0.3, -0.25) is 4.79 Å². The summed E-state index contributed by atoms with van der Waals surface area (Å²) in [6.07, 6.45) is 1.28. The van der Waals surface area contributed by atoms with E-state index in [1.54, 1.807) is 11.3 Å². The van der Waals surface area contributed by atoms with E-state index in [2.05, 4.69) is 20.2 Å². The molecule has 2 aromatic heterocycles. The molecule has 1 amide bonds. The molecule has 1 aliphatic rings. The highest BCUT2D eigenvalue weighted by molar-refractivity contribution is 7.22. The van der Waals surface area contributed by atoms with Gasteiger partial charge in [0.15, 0.2) is 5.13 Å². The number of halogens is 1. The summed E-state index contributed by atoms with van der Waals surface area (Å²) in [5, 5.41) is 4.94. The summed E-state index contributed by atoms with van der Waals surface area (Å²) in [7, 11) is 0. The predicted molar refractivity (Wildman–Crippen MR) is 123 cm³/mol. The van der Waals surface area contributed by atoms with Crippen LogP contribution in [-0.4, -0.2) is 58.5 Å². The van der Waals surface area contributed by atoms with Crippen molar-refractivity contribution in [1.82, 2.24) is 19.9 Å². The molecule has 1 saturated heterocycles. The number of thiazole rings is 1. The topological polar surface area (TPSA) is 74.2 Å². The second-order valence-electron chi connectivity index (χ2n) is 7.48.